The van der Waals surface area contributed by atoms with E-state index in [2.05, 4.69) is 84.9 Å². The molecule has 0 saturated carbocycles. The predicted octanol–water partition coefficient (Wildman–Crippen LogP) is 2.58. The summed E-state index contributed by atoms with van der Waals surface area (Å²) < 4.78 is 0. The summed E-state index contributed by atoms with van der Waals surface area (Å²) in [4.78, 5) is 0. The van der Waals surface area contributed by atoms with Crippen LogP contribution in [0.25, 0.3) is 44.8 Å². The lowest BCUT2D eigenvalue weighted by molar-refractivity contribution is 1.57. The lowest BCUT2D eigenvalue weighted by Crippen LogP contribution is -2.24. The molecule has 0 nitrogen and oxygen atoms in total. The third-order valence-corrected chi connectivity index (χ3v) is 5.31. The third kappa shape index (κ3) is 1.53. The van der Waals surface area contributed by atoms with E-state index in [-0.39, 0.29) is 0 Å². The Kier molecular flexibility index (Phi) is 2.18. The molecule has 0 N–H and O–H groups in total. The van der Waals surface area contributed by atoms with Crippen LogP contribution in [0.5, 0.6) is 0 Å². The van der Waals surface area contributed by atoms with Crippen molar-refractivity contribution in [2.45, 2.75) is 0 Å². The Hall–Kier alpha value is -3.12. The maximum atomic E-state index is 2.36. The van der Waals surface area contributed by atoms with E-state index < -0.39 is 0 Å². The molecule has 0 amide bonds. The van der Waals surface area contributed by atoms with Gasteiger partial charge in [0.25, 0.3) is 0 Å². The molecule has 2 aliphatic rings. The Morgan fingerprint density at radius 1 is 0.417 bits per heavy atom. The van der Waals surface area contributed by atoms with Crippen molar-refractivity contribution in [3.8, 4) is 0 Å². The molecule has 0 bridgehead atoms. The van der Waals surface area contributed by atoms with Crippen molar-refractivity contribution in [3.05, 3.63) is 93.7 Å². The van der Waals surface area contributed by atoms with Crippen LogP contribution in [0.2, 0.25) is 0 Å². The molecule has 0 spiro atoms. The minimum absolute atomic E-state index is 1.31. The Bertz CT molecular complexity index is 1320. The molecule has 0 unspecified atom stereocenters. The summed E-state index contributed by atoms with van der Waals surface area (Å²) in [6.45, 7) is 0. The largest absolute Gasteiger partial charge is 0.0616 e. The minimum atomic E-state index is 1.31. The van der Waals surface area contributed by atoms with Gasteiger partial charge >= 0.3 is 0 Å². The van der Waals surface area contributed by atoms with Crippen LogP contribution in [0, 0.1) is 0 Å². The molecule has 0 heteroatoms. The molecule has 0 saturated heterocycles. The summed E-state index contributed by atoms with van der Waals surface area (Å²) in [6, 6.07) is 26.5. The summed E-state index contributed by atoms with van der Waals surface area (Å²) >= 11 is 0. The van der Waals surface area contributed by atoms with E-state index in [4.69, 9.17) is 0 Å². The molecule has 6 rings (SSSR count). The van der Waals surface area contributed by atoms with Gasteiger partial charge < -0.3 is 0 Å². The van der Waals surface area contributed by atoms with E-state index in [9.17, 15) is 0 Å². The Labute approximate surface area is 139 Å². The van der Waals surface area contributed by atoms with Crippen molar-refractivity contribution in [3.63, 3.8) is 0 Å². The van der Waals surface area contributed by atoms with E-state index in [0.29, 0.717) is 0 Å². The summed E-state index contributed by atoms with van der Waals surface area (Å²) in [6.07, 6.45) is 4.71. The topological polar surface area (TPSA) is 0 Å². The van der Waals surface area contributed by atoms with Crippen molar-refractivity contribution in [1.82, 2.24) is 0 Å². The molecule has 0 atom stereocenters. The van der Waals surface area contributed by atoms with Crippen LogP contribution in [0.15, 0.2) is 72.8 Å². The second-order valence-electron chi connectivity index (χ2n) is 6.69. The maximum Gasteiger partial charge on any atom is -0.00926 e. The second kappa shape index (κ2) is 4.24. The van der Waals surface area contributed by atoms with Crippen molar-refractivity contribution in [1.29, 1.82) is 0 Å². The minimum Gasteiger partial charge on any atom is -0.0616 e. The number of hydrogen-bond donors (Lipinski definition) is 0. The lowest BCUT2D eigenvalue weighted by atomic mass is 10.1. The van der Waals surface area contributed by atoms with Gasteiger partial charge in [0, 0.05) is 0 Å². The second-order valence-corrected chi connectivity index (χ2v) is 6.69. The average Bonchev–Trinajstić information content (AvgIpc) is 3.13. The molecular weight excluding hydrogens is 288 g/mol. The predicted molar refractivity (Wildman–Crippen MR) is 102 cm³/mol. The normalized spacial score (nSPS) is 14.3. The van der Waals surface area contributed by atoms with Crippen molar-refractivity contribution in [2.24, 2.45) is 0 Å². The smallest absolute Gasteiger partial charge is 0.00926 e. The number of rotatable bonds is 0. The van der Waals surface area contributed by atoms with Gasteiger partial charge in [0.05, 0.1) is 0 Å². The van der Waals surface area contributed by atoms with E-state index in [1.54, 1.807) is 0 Å². The van der Waals surface area contributed by atoms with Crippen molar-refractivity contribution >= 4 is 44.8 Å². The molecule has 0 heterocycles. The third-order valence-electron chi connectivity index (χ3n) is 5.31. The van der Waals surface area contributed by atoms with Gasteiger partial charge in [-0.25, -0.2) is 0 Å². The van der Waals surface area contributed by atoms with Crippen LogP contribution >= 0.6 is 0 Å². The van der Waals surface area contributed by atoms with E-state index in [1.165, 1.54) is 53.6 Å². The number of fused-ring (bicyclic) bond motifs is 5. The Morgan fingerprint density at radius 2 is 0.792 bits per heavy atom. The highest BCUT2D eigenvalue weighted by Crippen LogP contribution is 2.21. The fourth-order valence-electron chi connectivity index (χ4n) is 4.13. The van der Waals surface area contributed by atoms with E-state index in [1.807, 2.05) is 0 Å². The zero-order chi connectivity index (χ0) is 15.7. The van der Waals surface area contributed by atoms with E-state index in [0.717, 1.165) is 0 Å². The van der Waals surface area contributed by atoms with Gasteiger partial charge in [-0.2, -0.15) is 0 Å². The molecule has 2 aliphatic carbocycles. The van der Waals surface area contributed by atoms with Gasteiger partial charge in [-0.05, 0) is 90.0 Å². The quantitative estimate of drug-likeness (QED) is 0.468. The van der Waals surface area contributed by atoms with Gasteiger partial charge in [-0.3, -0.25) is 0 Å². The molecule has 0 radical (unpaired) electrons. The summed E-state index contributed by atoms with van der Waals surface area (Å²) in [5.41, 5.74) is 2.75. The summed E-state index contributed by atoms with van der Waals surface area (Å²) in [5.74, 6) is 0. The summed E-state index contributed by atoms with van der Waals surface area (Å²) in [5, 5.41) is 10.7. The maximum absolute atomic E-state index is 2.36. The Balaban J connectivity index is 1.81. The fraction of sp³-hybridized carbons (Fsp3) is 0. The van der Waals surface area contributed by atoms with Gasteiger partial charge in [-0.1, -0.05) is 48.5 Å². The average molecular weight is 302 g/mol. The van der Waals surface area contributed by atoms with Gasteiger partial charge in [-0.15, -0.1) is 0 Å². The van der Waals surface area contributed by atoms with Crippen LogP contribution in [0.1, 0.15) is 0 Å². The molecule has 24 heavy (non-hydrogen) atoms. The first-order valence-electron chi connectivity index (χ1n) is 8.37. The standard InChI is InChI=1S/C24H14/c1-3-7-17-11-21-19(9-15(17)5-1)13-23-22-12-18-8-4-2-6-16(18)10-20(22)14-24(21)23/h1-14H. The van der Waals surface area contributed by atoms with Crippen LogP contribution in [0.4, 0.5) is 0 Å². The van der Waals surface area contributed by atoms with E-state index >= 15 is 0 Å². The van der Waals surface area contributed by atoms with Gasteiger partial charge in [0.15, 0.2) is 0 Å². The molecule has 0 fully saturated rings. The lowest BCUT2D eigenvalue weighted by Gasteiger charge is -1.97. The summed E-state index contributed by atoms with van der Waals surface area (Å²) in [7, 11) is 0. The first kappa shape index (κ1) is 12.3. The fourth-order valence-corrected chi connectivity index (χ4v) is 4.13. The van der Waals surface area contributed by atoms with Crippen molar-refractivity contribution < 1.29 is 0 Å². The first-order valence-corrected chi connectivity index (χ1v) is 8.37. The molecule has 4 aromatic rings. The number of benzene rings is 4. The van der Waals surface area contributed by atoms with Crippen LogP contribution in [-0.2, 0) is 0 Å². The van der Waals surface area contributed by atoms with Crippen LogP contribution < -0.4 is 20.9 Å². The first-order chi connectivity index (χ1) is 11.9. The molecule has 0 aliphatic heterocycles. The highest BCUT2D eigenvalue weighted by Gasteiger charge is 2.15. The molecular formula is C24H14. The molecule has 110 valence electrons. The Morgan fingerprint density at radius 3 is 1.21 bits per heavy atom. The highest BCUT2D eigenvalue weighted by atomic mass is 14.2. The SMILES string of the molecule is C1=c2cc3ccccc3cc2=C2C=c3cc4ccccc4cc3=C12. The number of hydrogen-bond acceptors (Lipinski definition) is 0. The zero-order valence-corrected chi connectivity index (χ0v) is 13.1. The molecule has 0 aromatic heterocycles. The van der Waals surface area contributed by atoms with Crippen LogP contribution in [0.3, 0.4) is 0 Å². The highest BCUT2D eigenvalue weighted by molar-refractivity contribution is 6.19. The molecule has 4 aromatic carbocycles. The van der Waals surface area contributed by atoms with Gasteiger partial charge in [0.1, 0.15) is 0 Å². The van der Waals surface area contributed by atoms with Gasteiger partial charge in [0.2, 0.25) is 0 Å². The van der Waals surface area contributed by atoms with Crippen molar-refractivity contribution in [2.75, 3.05) is 0 Å². The monoisotopic (exact) mass is 302 g/mol. The van der Waals surface area contributed by atoms with Crippen LogP contribution in [-0.4, -0.2) is 0 Å². The zero-order valence-electron chi connectivity index (χ0n) is 13.1.